The number of carbonyl (C=O) groups is 2. The summed E-state index contributed by atoms with van der Waals surface area (Å²) in [6, 6.07) is 14.9. The van der Waals surface area contributed by atoms with E-state index in [9.17, 15) is 9.59 Å². The molecular formula is C19H18N4O2. The van der Waals surface area contributed by atoms with E-state index in [0.717, 1.165) is 16.9 Å². The van der Waals surface area contributed by atoms with Gasteiger partial charge in [0.25, 0.3) is 11.8 Å². The summed E-state index contributed by atoms with van der Waals surface area (Å²) in [5.41, 5.74) is 2.97. The highest BCUT2D eigenvalue weighted by Crippen LogP contribution is 2.22. The second-order valence-electron chi connectivity index (χ2n) is 6.04. The first kappa shape index (κ1) is 15.5. The van der Waals surface area contributed by atoms with Crippen LogP contribution in [0.4, 0.5) is 0 Å². The molecule has 3 aromatic rings. The molecule has 0 aliphatic carbocycles. The van der Waals surface area contributed by atoms with Crippen molar-refractivity contribution in [3.05, 3.63) is 65.5 Å². The lowest BCUT2D eigenvalue weighted by molar-refractivity contribution is 0.0652. The van der Waals surface area contributed by atoms with Crippen LogP contribution >= 0.6 is 0 Å². The smallest absolute Gasteiger partial charge is 0.261 e. The highest BCUT2D eigenvalue weighted by molar-refractivity contribution is 6.21. The van der Waals surface area contributed by atoms with Crippen molar-refractivity contribution >= 4 is 22.8 Å². The van der Waals surface area contributed by atoms with Crippen LogP contribution in [0.1, 0.15) is 33.0 Å². The quantitative estimate of drug-likeness (QED) is 0.536. The molecule has 1 aromatic heterocycles. The fourth-order valence-corrected chi connectivity index (χ4v) is 3.10. The Balaban J connectivity index is 1.27. The Morgan fingerprint density at radius 2 is 1.64 bits per heavy atom. The van der Waals surface area contributed by atoms with E-state index < -0.39 is 0 Å². The van der Waals surface area contributed by atoms with Gasteiger partial charge in [-0.1, -0.05) is 24.3 Å². The lowest BCUT2D eigenvalue weighted by Crippen LogP contribution is -2.32. The van der Waals surface area contributed by atoms with Gasteiger partial charge in [0.1, 0.15) is 5.82 Å². The molecule has 0 spiro atoms. The molecule has 0 saturated heterocycles. The molecule has 2 aromatic carbocycles. The largest absolute Gasteiger partial charge is 0.341 e. The van der Waals surface area contributed by atoms with E-state index in [1.165, 1.54) is 4.90 Å². The number of H-pyrrole nitrogens is 1. The second-order valence-corrected chi connectivity index (χ2v) is 6.04. The number of aromatic amines is 1. The van der Waals surface area contributed by atoms with Gasteiger partial charge in [0.15, 0.2) is 0 Å². The first-order valence-corrected chi connectivity index (χ1v) is 8.33. The number of imidazole rings is 1. The number of aromatic nitrogens is 2. The number of nitrogens with zero attached hydrogens (tertiary/aromatic N) is 2. The molecular weight excluding hydrogens is 316 g/mol. The highest BCUT2D eigenvalue weighted by Gasteiger charge is 2.34. The van der Waals surface area contributed by atoms with Crippen molar-refractivity contribution in [3.8, 4) is 0 Å². The number of amides is 2. The normalized spacial score (nSPS) is 13.7. The van der Waals surface area contributed by atoms with E-state index in [1.54, 1.807) is 24.3 Å². The number of rotatable bonds is 6. The molecule has 2 heterocycles. The van der Waals surface area contributed by atoms with E-state index >= 15 is 0 Å². The molecule has 0 radical (unpaired) electrons. The molecule has 0 atom stereocenters. The average Bonchev–Trinajstić information content (AvgIpc) is 3.15. The zero-order valence-corrected chi connectivity index (χ0v) is 13.7. The summed E-state index contributed by atoms with van der Waals surface area (Å²) >= 11 is 0. The van der Waals surface area contributed by atoms with Crippen LogP contribution in [0.5, 0.6) is 0 Å². The van der Waals surface area contributed by atoms with E-state index in [-0.39, 0.29) is 11.8 Å². The Hall–Kier alpha value is -2.99. The van der Waals surface area contributed by atoms with E-state index in [0.29, 0.717) is 37.2 Å². The molecule has 25 heavy (non-hydrogen) atoms. The summed E-state index contributed by atoms with van der Waals surface area (Å²) in [6.45, 7) is 1.74. The van der Waals surface area contributed by atoms with Crippen molar-refractivity contribution in [1.82, 2.24) is 20.2 Å². The molecule has 0 unspecified atom stereocenters. The highest BCUT2D eigenvalue weighted by atomic mass is 16.2. The van der Waals surface area contributed by atoms with E-state index in [2.05, 4.69) is 15.3 Å². The van der Waals surface area contributed by atoms with E-state index in [4.69, 9.17) is 0 Å². The second kappa shape index (κ2) is 6.49. The summed E-state index contributed by atoms with van der Waals surface area (Å²) in [5.74, 6) is 0.484. The summed E-state index contributed by atoms with van der Waals surface area (Å²) in [5, 5.41) is 3.29. The maximum Gasteiger partial charge on any atom is 0.261 e. The minimum absolute atomic E-state index is 0.196. The van der Waals surface area contributed by atoms with Gasteiger partial charge in [0.05, 0.1) is 28.7 Å². The van der Waals surface area contributed by atoms with Gasteiger partial charge in [-0.15, -0.1) is 0 Å². The number of imide groups is 1. The molecule has 6 heteroatoms. The van der Waals surface area contributed by atoms with Crippen LogP contribution in [0.15, 0.2) is 48.5 Å². The lowest BCUT2D eigenvalue weighted by atomic mass is 10.1. The van der Waals surface area contributed by atoms with Crippen molar-refractivity contribution < 1.29 is 9.59 Å². The zero-order valence-electron chi connectivity index (χ0n) is 13.7. The predicted molar refractivity (Wildman–Crippen MR) is 94.2 cm³/mol. The van der Waals surface area contributed by atoms with Crippen molar-refractivity contribution in [2.75, 3.05) is 13.1 Å². The van der Waals surface area contributed by atoms with Gasteiger partial charge in [-0.2, -0.15) is 0 Å². The Kier molecular flexibility index (Phi) is 4.03. The average molecular weight is 334 g/mol. The molecule has 0 bridgehead atoms. The predicted octanol–water partition coefficient (Wildman–Crippen LogP) is 2.34. The number of benzene rings is 2. The van der Waals surface area contributed by atoms with Crippen LogP contribution in [-0.4, -0.2) is 39.8 Å². The molecule has 6 nitrogen and oxygen atoms in total. The molecule has 1 aliphatic rings. The van der Waals surface area contributed by atoms with Gasteiger partial charge in [0, 0.05) is 6.54 Å². The van der Waals surface area contributed by atoms with Crippen LogP contribution in [0, 0.1) is 0 Å². The number of hydrogen-bond donors (Lipinski definition) is 2. The minimum atomic E-state index is -0.196. The number of para-hydroxylation sites is 2. The molecule has 0 fully saturated rings. The third kappa shape index (κ3) is 2.92. The van der Waals surface area contributed by atoms with Crippen LogP contribution < -0.4 is 5.32 Å². The van der Waals surface area contributed by atoms with E-state index in [1.807, 2.05) is 24.3 Å². The molecule has 2 N–H and O–H groups in total. The van der Waals surface area contributed by atoms with Gasteiger partial charge in [0.2, 0.25) is 0 Å². The van der Waals surface area contributed by atoms with Crippen molar-refractivity contribution in [2.24, 2.45) is 0 Å². The fraction of sp³-hybridized carbons (Fsp3) is 0.211. The maximum atomic E-state index is 12.3. The van der Waals surface area contributed by atoms with Gasteiger partial charge >= 0.3 is 0 Å². The van der Waals surface area contributed by atoms with Crippen LogP contribution in [0.2, 0.25) is 0 Å². The van der Waals surface area contributed by atoms with Crippen LogP contribution in [0.25, 0.3) is 11.0 Å². The Bertz CT molecular complexity index is 879. The van der Waals surface area contributed by atoms with Crippen molar-refractivity contribution in [1.29, 1.82) is 0 Å². The Labute approximate surface area is 144 Å². The van der Waals surface area contributed by atoms with Crippen molar-refractivity contribution in [2.45, 2.75) is 13.0 Å². The summed E-state index contributed by atoms with van der Waals surface area (Å²) in [7, 11) is 0. The molecule has 1 aliphatic heterocycles. The lowest BCUT2D eigenvalue weighted by Gasteiger charge is -2.13. The topological polar surface area (TPSA) is 78.1 Å². The summed E-state index contributed by atoms with van der Waals surface area (Å²) < 4.78 is 0. The van der Waals surface area contributed by atoms with Crippen molar-refractivity contribution in [3.63, 3.8) is 0 Å². The van der Waals surface area contributed by atoms with Crippen LogP contribution in [0.3, 0.4) is 0 Å². The monoisotopic (exact) mass is 334 g/mol. The third-order valence-corrected chi connectivity index (χ3v) is 4.34. The van der Waals surface area contributed by atoms with Gasteiger partial charge in [-0.3, -0.25) is 14.5 Å². The fourth-order valence-electron chi connectivity index (χ4n) is 3.10. The summed E-state index contributed by atoms with van der Waals surface area (Å²) in [6.07, 6.45) is 0.700. The zero-order chi connectivity index (χ0) is 17.2. The first-order chi connectivity index (χ1) is 12.2. The first-order valence-electron chi connectivity index (χ1n) is 8.33. The molecule has 0 saturated carbocycles. The number of hydrogen-bond acceptors (Lipinski definition) is 4. The van der Waals surface area contributed by atoms with Gasteiger partial charge < -0.3 is 10.3 Å². The number of nitrogens with one attached hydrogen (secondary N) is 2. The molecule has 4 rings (SSSR count). The third-order valence-electron chi connectivity index (χ3n) is 4.34. The van der Waals surface area contributed by atoms with Gasteiger partial charge in [-0.05, 0) is 37.2 Å². The number of carbonyl (C=O) groups excluding carboxylic acids is 2. The molecule has 2 amide bonds. The minimum Gasteiger partial charge on any atom is -0.341 e. The van der Waals surface area contributed by atoms with Crippen LogP contribution in [-0.2, 0) is 6.54 Å². The molecule has 126 valence electrons. The number of fused-ring (bicyclic) bond motifs is 2. The summed E-state index contributed by atoms with van der Waals surface area (Å²) in [4.78, 5) is 33.6. The Morgan fingerprint density at radius 1 is 0.960 bits per heavy atom. The Morgan fingerprint density at radius 3 is 2.36 bits per heavy atom. The van der Waals surface area contributed by atoms with Gasteiger partial charge in [-0.25, -0.2) is 4.98 Å². The standard InChI is InChI=1S/C19H18N4O2/c24-18-13-6-1-2-7-14(13)19(25)23(18)11-5-10-20-12-17-21-15-8-3-4-9-16(15)22-17/h1-4,6-9,20H,5,10-12H2,(H,21,22). The maximum absolute atomic E-state index is 12.3. The SMILES string of the molecule is O=C1c2ccccc2C(=O)N1CCCNCc1nc2ccccc2[nH]1.